The first kappa shape index (κ1) is 12.5. The molecule has 0 radical (unpaired) electrons. The minimum absolute atomic E-state index is 0.109. The number of esters is 1. The second-order valence-corrected chi connectivity index (χ2v) is 4.36. The number of carbonyl (C=O) groups is 1. The maximum absolute atomic E-state index is 11.5. The zero-order valence-electron chi connectivity index (χ0n) is 9.90. The number of carbonyl (C=O) groups excluding carboxylic acids is 1. The molecular weight excluding hydrogens is 192 g/mol. The molecular formula is C11H22N2O2. The molecule has 0 spiro atoms. The Balaban J connectivity index is 2.67. The molecule has 1 rings (SSSR count). The molecule has 0 bridgehead atoms. The summed E-state index contributed by atoms with van der Waals surface area (Å²) in [5.41, 5.74) is 5.94. The fourth-order valence-corrected chi connectivity index (χ4v) is 2.33. The van der Waals surface area contributed by atoms with E-state index in [0.29, 0.717) is 6.04 Å². The summed E-state index contributed by atoms with van der Waals surface area (Å²) in [5, 5.41) is 0. The van der Waals surface area contributed by atoms with Crippen molar-refractivity contribution in [2.45, 2.75) is 51.2 Å². The number of methoxy groups -OCH3 is 1. The first-order chi connectivity index (χ1) is 7.07. The van der Waals surface area contributed by atoms with Gasteiger partial charge in [0.1, 0.15) is 6.04 Å². The summed E-state index contributed by atoms with van der Waals surface area (Å²) < 4.78 is 4.77. The van der Waals surface area contributed by atoms with E-state index in [0.717, 1.165) is 19.4 Å². The predicted molar refractivity (Wildman–Crippen MR) is 59.5 cm³/mol. The minimum atomic E-state index is -0.175. The molecule has 15 heavy (non-hydrogen) atoms. The van der Waals surface area contributed by atoms with E-state index in [1.165, 1.54) is 13.5 Å². The molecule has 1 aliphatic heterocycles. The Hall–Kier alpha value is -0.610. The van der Waals surface area contributed by atoms with E-state index in [-0.39, 0.29) is 18.1 Å². The third-order valence-corrected chi connectivity index (χ3v) is 3.24. The molecule has 88 valence electrons. The quantitative estimate of drug-likeness (QED) is 0.704. The lowest BCUT2D eigenvalue weighted by Crippen LogP contribution is -2.54. The van der Waals surface area contributed by atoms with Crippen molar-refractivity contribution < 1.29 is 9.53 Å². The van der Waals surface area contributed by atoms with Gasteiger partial charge in [0.05, 0.1) is 7.11 Å². The summed E-state index contributed by atoms with van der Waals surface area (Å²) in [6, 6.07) is 0.247. The SMILES string of the molecule is COC(=O)C(C)N1CCCCC1C(C)N. The van der Waals surface area contributed by atoms with Crippen LogP contribution in [-0.4, -0.2) is 42.6 Å². The molecule has 0 amide bonds. The summed E-state index contributed by atoms with van der Waals surface area (Å²) in [4.78, 5) is 13.7. The molecule has 3 unspecified atom stereocenters. The van der Waals surface area contributed by atoms with Crippen molar-refractivity contribution in [1.82, 2.24) is 4.90 Å². The minimum Gasteiger partial charge on any atom is -0.468 e. The van der Waals surface area contributed by atoms with Crippen LogP contribution >= 0.6 is 0 Å². The maximum atomic E-state index is 11.5. The van der Waals surface area contributed by atoms with E-state index in [9.17, 15) is 4.79 Å². The number of hydrogen-bond acceptors (Lipinski definition) is 4. The summed E-state index contributed by atoms with van der Waals surface area (Å²) >= 11 is 0. The van der Waals surface area contributed by atoms with Gasteiger partial charge < -0.3 is 10.5 Å². The highest BCUT2D eigenvalue weighted by atomic mass is 16.5. The van der Waals surface area contributed by atoms with Gasteiger partial charge in [-0.15, -0.1) is 0 Å². The molecule has 0 aromatic rings. The third-order valence-electron chi connectivity index (χ3n) is 3.24. The van der Waals surface area contributed by atoms with Gasteiger partial charge in [0.25, 0.3) is 0 Å². The average molecular weight is 214 g/mol. The Kier molecular flexibility index (Phi) is 4.54. The van der Waals surface area contributed by atoms with Crippen LogP contribution in [0.4, 0.5) is 0 Å². The van der Waals surface area contributed by atoms with Gasteiger partial charge in [-0.25, -0.2) is 0 Å². The first-order valence-corrected chi connectivity index (χ1v) is 5.67. The van der Waals surface area contributed by atoms with Crippen LogP contribution in [0.25, 0.3) is 0 Å². The van der Waals surface area contributed by atoms with Gasteiger partial charge in [-0.1, -0.05) is 6.42 Å². The van der Waals surface area contributed by atoms with Crippen LogP contribution in [-0.2, 0) is 9.53 Å². The van der Waals surface area contributed by atoms with Gasteiger partial charge in [-0.05, 0) is 33.2 Å². The van der Waals surface area contributed by atoms with Gasteiger partial charge in [0.2, 0.25) is 0 Å². The Morgan fingerprint density at radius 2 is 2.13 bits per heavy atom. The van der Waals surface area contributed by atoms with Crippen molar-refractivity contribution in [2.75, 3.05) is 13.7 Å². The van der Waals surface area contributed by atoms with Gasteiger partial charge in [-0.3, -0.25) is 9.69 Å². The van der Waals surface area contributed by atoms with Gasteiger partial charge in [0.15, 0.2) is 0 Å². The monoisotopic (exact) mass is 214 g/mol. The largest absolute Gasteiger partial charge is 0.468 e. The molecule has 0 aromatic heterocycles. The smallest absolute Gasteiger partial charge is 0.322 e. The standard InChI is InChI=1S/C11H22N2O2/c1-8(12)10-6-4-5-7-13(10)9(2)11(14)15-3/h8-10H,4-7,12H2,1-3H3. The molecule has 4 heteroatoms. The molecule has 3 atom stereocenters. The van der Waals surface area contributed by atoms with Crippen LogP contribution in [0.2, 0.25) is 0 Å². The van der Waals surface area contributed by atoms with Crippen molar-refractivity contribution >= 4 is 5.97 Å². The second kappa shape index (κ2) is 5.47. The van der Waals surface area contributed by atoms with E-state index < -0.39 is 0 Å². The molecule has 0 aliphatic carbocycles. The van der Waals surface area contributed by atoms with Crippen LogP contribution in [0, 0.1) is 0 Å². The number of likely N-dealkylation sites (tertiary alicyclic amines) is 1. The zero-order chi connectivity index (χ0) is 11.4. The van der Waals surface area contributed by atoms with Crippen molar-refractivity contribution in [3.8, 4) is 0 Å². The fraction of sp³-hybridized carbons (Fsp3) is 0.909. The van der Waals surface area contributed by atoms with Crippen molar-refractivity contribution in [1.29, 1.82) is 0 Å². The van der Waals surface area contributed by atoms with Crippen molar-refractivity contribution in [3.63, 3.8) is 0 Å². The number of rotatable bonds is 3. The number of nitrogens with two attached hydrogens (primary N) is 1. The van der Waals surface area contributed by atoms with Crippen LogP contribution in [0.1, 0.15) is 33.1 Å². The Bertz CT molecular complexity index is 219. The third kappa shape index (κ3) is 2.92. The lowest BCUT2D eigenvalue weighted by atomic mass is 9.95. The summed E-state index contributed by atoms with van der Waals surface area (Å²) in [6.07, 6.45) is 3.43. The number of nitrogens with zero attached hydrogens (tertiary/aromatic N) is 1. The van der Waals surface area contributed by atoms with E-state index in [2.05, 4.69) is 4.90 Å². The van der Waals surface area contributed by atoms with E-state index in [4.69, 9.17) is 10.5 Å². The van der Waals surface area contributed by atoms with Crippen LogP contribution in [0.5, 0.6) is 0 Å². The van der Waals surface area contributed by atoms with Crippen LogP contribution in [0.15, 0.2) is 0 Å². The lowest BCUT2D eigenvalue weighted by molar-refractivity contribution is -0.148. The summed E-state index contributed by atoms with van der Waals surface area (Å²) in [5.74, 6) is -0.164. The molecule has 1 aliphatic rings. The van der Waals surface area contributed by atoms with Gasteiger partial charge >= 0.3 is 5.97 Å². The van der Waals surface area contributed by atoms with Crippen LogP contribution in [0.3, 0.4) is 0 Å². The van der Waals surface area contributed by atoms with E-state index >= 15 is 0 Å². The first-order valence-electron chi connectivity index (χ1n) is 5.67. The summed E-state index contributed by atoms with van der Waals surface area (Å²) in [7, 11) is 1.43. The number of piperidine rings is 1. The molecule has 2 N–H and O–H groups in total. The van der Waals surface area contributed by atoms with Gasteiger partial charge in [0, 0.05) is 12.1 Å². The normalized spacial score (nSPS) is 27.1. The topological polar surface area (TPSA) is 55.6 Å². The maximum Gasteiger partial charge on any atom is 0.322 e. The number of hydrogen-bond donors (Lipinski definition) is 1. The highest BCUT2D eigenvalue weighted by Gasteiger charge is 2.32. The van der Waals surface area contributed by atoms with Crippen molar-refractivity contribution in [3.05, 3.63) is 0 Å². The molecule has 1 fully saturated rings. The van der Waals surface area contributed by atoms with Gasteiger partial charge in [-0.2, -0.15) is 0 Å². The highest BCUT2D eigenvalue weighted by Crippen LogP contribution is 2.21. The lowest BCUT2D eigenvalue weighted by Gasteiger charge is -2.40. The Morgan fingerprint density at radius 3 is 2.67 bits per heavy atom. The number of ether oxygens (including phenoxy) is 1. The summed E-state index contributed by atoms with van der Waals surface area (Å²) in [6.45, 7) is 4.85. The Morgan fingerprint density at radius 1 is 1.47 bits per heavy atom. The van der Waals surface area contributed by atoms with E-state index in [1.807, 2.05) is 13.8 Å². The van der Waals surface area contributed by atoms with Crippen molar-refractivity contribution in [2.24, 2.45) is 5.73 Å². The predicted octanol–water partition coefficient (Wildman–Crippen LogP) is 0.750. The fourth-order valence-electron chi connectivity index (χ4n) is 2.33. The molecule has 4 nitrogen and oxygen atoms in total. The Labute approximate surface area is 91.8 Å². The van der Waals surface area contributed by atoms with Crippen LogP contribution < -0.4 is 5.73 Å². The molecule has 1 heterocycles. The van der Waals surface area contributed by atoms with E-state index in [1.54, 1.807) is 0 Å². The second-order valence-electron chi connectivity index (χ2n) is 4.36. The molecule has 1 saturated heterocycles. The molecule has 0 aromatic carbocycles. The highest BCUT2D eigenvalue weighted by molar-refractivity contribution is 5.75. The zero-order valence-corrected chi connectivity index (χ0v) is 9.90. The molecule has 0 saturated carbocycles. The average Bonchev–Trinajstić information content (AvgIpc) is 2.27.